The molecule has 0 unspecified atom stereocenters. The third kappa shape index (κ3) is 8.06. The first-order valence-corrected chi connectivity index (χ1v) is 11.2. The number of rotatable bonds is 13. The topological polar surface area (TPSA) is 106 Å². The van der Waals surface area contributed by atoms with Crippen LogP contribution in [-0.4, -0.2) is 52.5 Å². The molecule has 2 aromatic rings. The van der Waals surface area contributed by atoms with E-state index in [1.165, 1.54) is 11.8 Å². The number of carbonyl (C=O) groups is 2. The molecule has 1 aromatic carbocycles. The summed E-state index contributed by atoms with van der Waals surface area (Å²) >= 11 is 1.36. The Labute approximate surface area is 182 Å². The van der Waals surface area contributed by atoms with Gasteiger partial charge in [-0.2, -0.15) is 0 Å². The van der Waals surface area contributed by atoms with Crippen molar-refractivity contribution < 1.29 is 9.59 Å². The number of anilines is 1. The molecule has 8 nitrogen and oxygen atoms in total. The molecule has 0 bridgehead atoms. The molecule has 3 N–H and O–H groups in total. The lowest BCUT2D eigenvalue weighted by molar-refractivity contribution is -0.119. The van der Waals surface area contributed by atoms with E-state index in [0.29, 0.717) is 24.0 Å². The average molecular weight is 433 g/mol. The number of benzene rings is 1. The standard InChI is InChI=1S/C21H32N6O2S/c1-16(2)14-27-19(11-10-18(22)28)24-25-21(27)30-15-20(29)23-12-7-13-26(3)17-8-5-4-6-9-17/h4-6,8-9,16H,7,10-15H2,1-3H3,(H2,22,28)(H,23,29). The number of carbonyl (C=O) groups excluding carboxylic acids is 2. The fourth-order valence-electron chi connectivity index (χ4n) is 2.93. The van der Waals surface area contributed by atoms with Crippen molar-refractivity contribution in [2.75, 3.05) is 30.8 Å². The number of primary amides is 1. The van der Waals surface area contributed by atoms with Crippen LogP contribution >= 0.6 is 11.8 Å². The third-order valence-electron chi connectivity index (χ3n) is 4.46. The summed E-state index contributed by atoms with van der Waals surface area (Å²) in [6.45, 7) is 6.43. The number of aromatic nitrogens is 3. The highest BCUT2D eigenvalue weighted by Crippen LogP contribution is 2.19. The maximum atomic E-state index is 12.2. The first-order chi connectivity index (χ1) is 14.4. The van der Waals surface area contributed by atoms with E-state index in [1.807, 2.05) is 29.8 Å². The van der Waals surface area contributed by atoms with Gasteiger partial charge < -0.3 is 20.5 Å². The molecule has 0 saturated heterocycles. The molecule has 2 rings (SSSR count). The summed E-state index contributed by atoms with van der Waals surface area (Å²) in [5.41, 5.74) is 6.41. The molecule has 164 valence electrons. The summed E-state index contributed by atoms with van der Waals surface area (Å²) < 4.78 is 1.99. The van der Waals surface area contributed by atoms with Gasteiger partial charge in [0.05, 0.1) is 5.75 Å². The number of nitrogens with zero attached hydrogens (tertiary/aromatic N) is 4. The molecule has 0 spiro atoms. The van der Waals surface area contributed by atoms with Gasteiger partial charge >= 0.3 is 0 Å². The minimum Gasteiger partial charge on any atom is -0.375 e. The summed E-state index contributed by atoms with van der Waals surface area (Å²) in [5, 5.41) is 12.1. The summed E-state index contributed by atoms with van der Waals surface area (Å²) in [4.78, 5) is 25.5. The predicted molar refractivity (Wildman–Crippen MR) is 120 cm³/mol. The van der Waals surface area contributed by atoms with Crippen molar-refractivity contribution in [1.29, 1.82) is 0 Å². The van der Waals surface area contributed by atoms with Gasteiger partial charge in [-0.15, -0.1) is 10.2 Å². The van der Waals surface area contributed by atoms with Crippen LogP contribution in [0.2, 0.25) is 0 Å². The van der Waals surface area contributed by atoms with Gasteiger partial charge in [-0.1, -0.05) is 43.8 Å². The second kappa shape index (κ2) is 12.2. The zero-order chi connectivity index (χ0) is 21.9. The Bertz CT molecular complexity index is 809. The Morgan fingerprint density at radius 3 is 2.63 bits per heavy atom. The molecule has 0 fully saturated rings. The van der Waals surface area contributed by atoms with Crippen LogP contribution in [0, 0.1) is 5.92 Å². The van der Waals surface area contributed by atoms with Crippen LogP contribution in [-0.2, 0) is 22.6 Å². The monoisotopic (exact) mass is 432 g/mol. The second-order valence-electron chi connectivity index (χ2n) is 7.62. The molecule has 0 radical (unpaired) electrons. The molecule has 1 aromatic heterocycles. The minimum absolute atomic E-state index is 0.0276. The van der Waals surface area contributed by atoms with Gasteiger partial charge in [-0.3, -0.25) is 9.59 Å². The Balaban J connectivity index is 1.77. The third-order valence-corrected chi connectivity index (χ3v) is 5.42. The number of para-hydroxylation sites is 1. The van der Waals surface area contributed by atoms with Crippen molar-refractivity contribution >= 4 is 29.3 Å². The van der Waals surface area contributed by atoms with Gasteiger partial charge in [-0.05, 0) is 24.5 Å². The molecule has 2 amide bonds. The lowest BCUT2D eigenvalue weighted by atomic mass is 10.2. The van der Waals surface area contributed by atoms with E-state index in [0.717, 1.165) is 31.0 Å². The van der Waals surface area contributed by atoms with Crippen molar-refractivity contribution in [3.63, 3.8) is 0 Å². The maximum absolute atomic E-state index is 12.2. The SMILES string of the molecule is CC(C)Cn1c(CCC(N)=O)nnc1SCC(=O)NCCCN(C)c1ccccc1. The fraction of sp³-hybridized carbons (Fsp3) is 0.524. The Hall–Kier alpha value is -2.55. The van der Waals surface area contributed by atoms with Gasteiger partial charge in [0.15, 0.2) is 5.16 Å². The van der Waals surface area contributed by atoms with Crippen molar-refractivity contribution in [3.8, 4) is 0 Å². The summed E-state index contributed by atoms with van der Waals surface area (Å²) in [6, 6.07) is 10.2. The van der Waals surface area contributed by atoms with E-state index >= 15 is 0 Å². The lowest BCUT2D eigenvalue weighted by Crippen LogP contribution is -2.29. The number of hydrogen-bond acceptors (Lipinski definition) is 6. The largest absolute Gasteiger partial charge is 0.375 e. The van der Waals surface area contributed by atoms with Gasteiger partial charge in [-0.25, -0.2) is 0 Å². The zero-order valence-corrected chi connectivity index (χ0v) is 18.8. The smallest absolute Gasteiger partial charge is 0.230 e. The predicted octanol–water partition coefficient (Wildman–Crippen LogP) is 2.09. The maximum Gasteiger partial charge on any atom is 0.230 e. The normalized spacial score (nSPS) is 10.9. The summed E-state index contributed by atoms with van der Waals surface area (Å²) in [5.74, 6) is 1.01. The first kappa shape index (κ1) is 23.7. The second-order valence-corrected chi connectivity index (χ2v) is 8.56. The van der Waals surface area contributed by atoms with Gasteiger partial charge in [0.2, 0.25) is 11.8 Å². The minimum atomic E-state index is -0.361. The molecular formula is C21H32N6O2S. The van der Waals surface area contributed by atoms with Crippen molar-refractivity contribution in [1.82, 2.24) is 20.1 Å². The van der Waals surface area contributed by atoms with Gasteiger partial charge in [0.25, 0.3) is 0 Å². The number of nitrogens with one attached hydrogen (secondary N) is 1. The van der Waals surface area contributed by atoms with E-state index in [1.54, 1.807) is 0 Å². The zero-order valence-electron chi connectivity index (χ0n) is 18.0. The molecule has 0 aliphatic rings. The molecule has 1 heterocycles. The number of aryl methyl sites for hydroxylation is 1. The van der Waals surface area contributed by atoms with Gasteiger partial charge in [0, 0.05) is 45.2 Å². The van der Waals surface area contributed by atoms with Crippen LogP contribution < -0.4 is 16.0 Å². The highest BCUT2D eigenvalue weighted by atomic mass is 32.2. The van der Waals surface area contributed by atoms with Gasteiger partial charge in [0.1, 0.15) is 5.82 Å². The van der Waals surface area contributed by atoms with E-state index in [9.17, 15) is 9.59 Å². The highest BCUT2D eigenvalue weighted by Gasteiger charge is 2.15. The van der Waals surface area contributed by atoms with E-state index in [2.05, 4.69) is 46.4 Å². The van der Waals surface area contributed by atoms with Crippen molar-refractivity contribution in [2.24, 2.45) is 11.7 Å². The fourth-order valence-corrected chi connectivity index (χ4v) is 3.73. The van der Waals surface area contributed by atoms with Crippen molar-refractivity contribution in [2.45, 2.75) is 44.8 Å². The van der Waals surface area contributed by atoms with Crippen LogP contribution in [0.25, 0.3) is 0 Å². The number of nitrogens with two attached hydrogens (primary N) is 1. The Morgan fingerprint density at radius 1 is 1.23 bits per heavy atom. The molecule has 9 heteroatoms. The molecule has 30 heavy (non-hydrogen) atoms. The van der Waals surface area contributed by atoms with E-state index < -0.39 is 0 Å². The average Bonchev–Trinajstić information content (AvgIpc) is 3.09. The summed E-state index contributed by atoms with van der Waals surface area (Å²) in [6.07, 6.45) is 1.55. The quantitative estimate of drug-likeness (QED) is 0.371. The van der Waals surface area contributed by atoms with Crippen LogP contribution in [0.1, 0.15) is 32.5 Å². The molecular weight excluding hydrogens is 400 g/mol. The Morgan fingerprint density at radius 2 is 1.97 bits per heavy atom. The first-order valence-electron chi connectivity index (χ1n) is 10.2. The number of amides is 2. The molecule has 0 aliphatic heterocycles. The molecule has 0 saturated carbocycles. The van der Waals surface area contributed by atoms with E-state index in [-0.39, 0.29) is 24.0 Å². The lowest BCUT2D eigenvalue weighted by Gasteiger charge is -2.19. The van der Waals surface area contributed by atoms with E-state index in [4.69, 9.17) is 5.73 Å². The highest BCUT2D eigenvalue weighted by molar-refractivity contribution is 7.99. The van der Waals surface area contributed by atoms with Crippen molar-refractivity contribution in [3.05, 3.63) is 36.2 Å². The van der Waals surface area contributed by atoms with Crippen LogP contribution in [0.15, 0.2) is 35.5 Å². The Kier molecular flexibility index (Phi) is 9.66. The molecule has 0 aliphatic carbocycles. The van der Waals surface area contributed by atoms with Crippen LogP contribution in [0.5, 0.6) is 0 Å². The summed E-state index contributed by atoms with van der Waals surface area (Å²) in [7, 11) is 2.05. The number of thioether (sulfide) groups is 1. The molecule has 0 atom stereocenters. The van der Waals surface area contributed by atoms with Crippen LogP contribution in [0.3, 0.4) is 0 Å². The number of hydrogen-bond donors (Lipinski definition) is 2. The van der Waals surface area contributed by atoms with Crippen LogP contribution in [0.4, 0.5) is 5.69 Å².